The van der Waals surface area contributed by atoms with Gasteiger partial charge in [-0.25, -0.2) is 13.8 Å². The van der Waals surface area contributed by atoms with Crippen molar-refractivity contribution in [2.45, 2.75) is 31.7 Å². The van der Waals surface area contributed by atoms with E-state index < -0.39 is 12.5 Å². The summed E-state index contributed by atoms with van der Waals surface area (Å²) in [4.78, 5) is 6.28. The molecule has 0 aromatic carbocycles. The second kappa shape index (κ2) is 5.40. The molecule has 1 atom stereocenters. The molecule has 94 valence electrons. The molecule has 1 aromatic rings. The average molecular weight is 241 g/mol. The first-order valence-corrected chi connectivity index (χ1v) is 5.93. The maximum absolute atomic E-state index is 12.7. The summed E-state index contributed by atoms with van der Waals surface area (Å²) in [6.45, 7) is 1.75. The zero-order chi connectivity index (χ0) is 12.3. The predicted octanol–water partition coefficient (Wildman–Crippen LogP) is 2.34. The summed E-state index contributed by atoms with van der Waals surface area (Å²) in [5, 5.41) is 0. The minimum atomic E-state index is -2.55. The lowest BCUT2D eigenvalue weighted by molar-refractivity contribution is 0.116. The quantitative estimate of drug-likeness (QED) is 0.883. The van der Waals surface area contributed by atoms with Crippen LogP contribution in [0.25, 0.3) is 0 Å². The van der Waals surface area contributed by atoms with E-state index in [2.05, 4.69) is 9.88 Å². The smallest absolute Gasteiger partial charge is 0.257 e. The lowest BCUT2D eigenvalue weighted by Crippen LogP contribution is -2.32. The van der Waals surface area contributed by atoms with Crippen LogP contribution in [-0.4, -0.2) is 24.5 Å². The number of halogens is 2. The van der Waals surface area contributed by atoms with Gasteiger partial charge >= 0.3 is 0 Å². The first kappa shape index (κ1) is 12.2. The SMILES string of the molecule is NC(c1cccnc1N1CCCCC1)C(F)F. The molecule has 0 spiro atoms. The molecule has 0 amide bonds. The molecule has 1 aromatic heterocycles. The number of piperidine rings is 1. The Kier molecular flexibility index (Phi) is 3.89. The van der Waals surface area contributed by atoms with Gasteiger partial charge in [-0.3, -0.25) is 0 Å². The van der Waals surface area contributed by atoms with Crippen LogP contribution in [0.1, 0.15) is 30.9 Å². The van der Waals surface area contributed by atoms with Gasteiger partial charge in [-0.15, -0.1) is 0 Å². The Balaban J connectivity index is 2.26. The summed E-state index contributed by atoms with van der Waals surface area (Å²) in [5.41, 5.74) is 5.98. The molecule has 2 N–H and O–H groups in total. The Morgan fingerprint density at radius 3 is 2.59 bits per heavy atom. The number of hydrogen-bond acceptors (Lipinski definition) is 3. The molecule has 0 saturated carbocycles. The predicted molar refractivity (Wildman–Crippen MR) is 63.2 cm³/mol. The minimum Gasteiger partial charge on any atom is -0.356 e. The van der Waals surface area contributed by atoms with Crippen LogP contribution in [0, 0.1) is 0 Å². The molecule has 3 nitrogen and oxygen atoms in total. The van der Waals surface area contributed by atoms with Gasteiger partial charge in [-0.1, -0.05) is 6.07 Å². The third kappa shape index (κ3) is 2.72. The lowest BCUT2D eigenvalue weighted by atomic mass is 10.1. The fourth-order valence-electron chi connectivity index (χ4n) is 2.18. The highest BCUT2D eigenvalue weighted by Crippen LogP contribution is 2.28. The van der Waals surface area contributed by atoms with Crippen LogP contribution in [0.2, 0.25) is 0 Å². The van der Waals surface area contributed by atoms with Gasteiger partial charge in [-0.2, -0.15) is 0 Å². The maximum atomic E-state index is 12.7. The van der Waals surface area contributed by atoms with E-state index in [1.165, 1.54) is 6.42 Å². The summed E-state index contributed by atoms with van der Waals surface area (Å²) in [5.74, 6) is 0.625. The van der Waals surface area contributed by atoms with E-state index in [9.17, 15) is 8.78 Å². The van der Waals surface area contributed by atoms with Gasteiger partial charge in [-0.05, 0) is 25.3 Å². The van der Waals surface area contributed by atoms with Crippen molar-refractivity contribution in [3.05, 3.63) is 23.9 Å². The molecule has 17 heavy (non-hydrogen) atoms. The highest BCUT2D eigenvalue weighted by Gasteiger charge is 2.24. The Labute approximate surface area is 99.6 Å². The van der Waals surface area contributed by atoms with Crippen molar-refractivity contribution >= 4 is 5.82 Å². The summed E-state index contributed by atoms with van der Waals surface area (Å²) < 4.78 is 25.4. The number of aromatic nitrogens is 1. The topological polar surface area (TPSA) is 42.1 Å². The Bertz CT molecular complexity index is 365. The second-order valence-corrected chi connectivity index (χ2v) is 4.32. The normalized spacial score (nSPS) is 18.5. The standard InChI is InChI=1S/C12H17F2N3/c13-11(14)10(15)9-5-4-6-16-12(9)17-7-2-1-3-8-17/h4-6,10-11H,1-3,7-8,15H2. The van der Waals surface area contributed by atoms with Gasteiger partial charge in [0.2, 0.25) is 0 Å². The zero-order valence-electron chi connectivity index (χ0n) is 9.65. The van der Waals surface area contributed by atoms with Gasteiger partial charge in [0.05, 0.1) is 6.04 Å². The highest BCUT2D eigenvalue weighted by molar-refractivity contribution is 5.48. The van der Waals surface area contributed by atoms with Crippen LogP contribution < -0.4 is 10.6 Å². The van der Waals surface area contributed by atoms with E-state index in [0.29, 0.717) is 11.4 Å². The van der Waals surface area contributed by atoms with E-state index in [-0.39, 0.29) is 0 Å². The number of hydrogen-bond donors (Lipinski definition) is 1. The van der Waals surface area contributed by atoms with Crippen molar-refractivity contribution in [2.75, 3.05) is 18.0 Å². The molecular weight excluding hydrogens is 224 g/mol. The van der Waals surface area contributed by atoms with Gasteiger partial charge in [0.1, 0.15) is 5.82 Å². The van der Waals surface area contributed by atoms with Crippen molar-refractivity contribution in [3.8, 4) is 0 Å². The molecule has 0 bridgehead atoms. The van der Waals surface area contributed by atoms with Crippen LogP contribution in [0.5, 0.6) is 0 Å². The Morgan fingerprint density at radius 2 is 1.94 bits per heavy atom. The third-order valence-electron chi connectivity index (χ3n) is 3.10. The molecule has 2 heterocycles. The first-order chi connectivity index (χ1) is 8.20. The van der Waals surface area contributed by atoms with E-state index in [1.807, 2.05) is 0 Å². The number of nitrogens with zero attached hydrogens (tertiary/aromatic N) is 2. The molecule has 1 aliphatic rings. The first-order valence-electron chi connectivity index (χ1n) is 5.93. The van der Waals surface area contributed by atoms with Gasteiger partial charge in [0.15, 0.2) is 0 Å². The van der Waals surface area contributed by atoms with Crippen molar-refractivity contribution < 1.29 is 8.78 Å². The molecule has 5 heteroatoms. The summed E-state index contributed by atoms with van der Waals surface area (Å²) >= 11 is 0. The fraction of sp³-hybridized carbons (Fsp3) is 0.583. The van der Waals surface area contributed by atoms with Crippen LogP contribution >= 0.6 is 0 Å². The number of nitrogens with two attached hydrogens (primary N) is 1. The molecule has 1 saturated heterocycles. The number of pyridine rings is 1. The Morgan fingerprint density at radius 1 is 1.24 bits per heavy atom. The monoisotopic (exact) mass is 241 g/mol. The molecule has 0 aliphatic carbocycles. The zero-order valence-corrected chi connectivity index (χ0v) is 9.65. The number of rotatable bonds is 3. The largest absolute Gasteiger partial charge is 0.356 e. The summed E-state index contributed by atoms with van der Waals surface area (Å²) in [6.07, 6.45) is 2.44. The van der Waals surface area contributed by atoms with E-state index in [1.54, 1.807) is 18.3 Å². The van der Waals surface area contributed by atoms with Crippen molar-refractivity contribution in [1.82, 2.24) is 4.98 Å². The molecule has 2 rings (SSSR count). The van der Waals surface area contributed by atoms with Crippen LogP contribution in [-0.2, 0) is 0 Å². The summed E-state index contributed by atoms with van der Waals surface area (Å²) in [6, 6.07) is 2.05. The van der Waals surface area contributed by atoms with Crippen molar-refractivity contribution in [3.63, 3.8) is 0 Å². The van der Waals surface area contributed by atoms with E-state index in [0.717, 1.165) is 25.9 Å². The maximum Gasteiger partial charge on any atom is 0.257 e. The molecule has 1 fully saturated rings. The average Bonchev–Trinajstić information content (AvgIpc) is 2.39. The van der Waals surface area contributed by atoms with Crippen molar-refractivity contribution in [2.24, 2.45) is 5.73 Å². The molecule has 0 radical (unpaired) electrons. The highest BCUT2D eigenvalue weighted by atomic mass is 19.3. The lowest BCUT2D eigenvalue weighted by Gasteiger charge is -2.30. The number of alkyl halides is 2. The van der Waals surface area contributed by atoms with Gasteiger partial charge < -0.3 is 10.6 Å². The Hall–Kier alpha value is -1.23. The number of anilines is 1. The van der Waals surface area contributed by atoms with E-state index in [4.69, 9.17) is 5.73 Å². The van der Waals surface area contributed by atoms with Gasteiger partial charge in [0, 0.05) is 24.8 Å². The molecule has 1 aliphatic heterocycles. The van der Waals surface area contributed by atoms with Crippen LogP contribution in [0.4, 0.5) is 14.6 Å². The van der Waals surface area contributed by atoms with Crippen molar-refractivity contribution in [1.29, 1.82) is 0 Å². The third-order valence-corrected chi connectivity index (χ3v) is 3.10. The van der Waals surface area contributed by atoms with E-state index >= 15 is 0 Å². The second-order valence-electron chi connectivity index (χ2n) is 4.32. The van der Waals surface area contributed by atoms with Gasteiger partial charge in [0.25, 0.3) is 6.43 Å². The molecular formula is C12H17F2N3. The minimum absolute atomic E-state index is 0.449. The fourth-order valence-corrected chi connectivity index (χ4v) is 2.18. The molecule has 1 unspecified atom stereocenters. The summed E-state index contributed by atoms with van der Waals surface area (Å²) in [7, 11) is 0. The van der Waals surface area contributed by atoms with Crippen LogP contribution in [0.3, 0.4) is 0 Å². The van der Waals surface area contributed by atoms with Crippen LogP contribution in [0.15, 0.2) is 18.3 Å².